The Labute approximate surface area is 106 Å². The molecule has 0 saturated carbocycles. The monoisotopic (exact) mass is 244 g/mol. The maximum atomic E-state index is 10.2. The summed E-state index contributed by atoms with van der Waals surface area (Å²) in [6, 6.07) is 7.37. The Hall–Kier alpha value is -1.94. The van der Waals surface area contributed by atoms with Gasteiger partial charge in [0.2, 0.25) is 0 Å². The van der Waals surface area contributed by atoms with E-state index in [0.29, 0.717) is 12.3 Å². The first-order valence-electron chi connectivity index (χ1n) is 5.90. The molecule has 2 aromatic rings. The predicted molar refractivity (Wildman–Crippen MR) is 68.4 cm³/mol. The highest BCUT2D eigenvalue weighted by Gasteiger charge is 2.12. The maximum absolute atomic E-state index is 10.2. The molecule has 18 heavy (non-hydrogen) atoms. The number of aromatic nitrogens is 2. The van der Waals surface area contributed by atoms with Gasteiger partial charge >= 0.3 is 0 Å². The molecular weight excluding hydrogens is 228 g/mol. The number of nitrogens with zero attached hydrogens (tertiary/aromatic N) is 2. The maximum Gasteiger partial charge on any atom is 0.123 e. The lowest BCUT2D eigenvalue weighted by atomic mass is 10.1. The first-order valence-corrected chi connectivity index (χ1v) is 5.90. The van der Waals surface area contributed by atoms with Crippen molar-refractivity contribution >= 4 is 0 Å². The van der Waals surface area contributed by atoms with Gasteiger partial charge in [-0.15, -0.1) is 0 Å². The molecule has 1 N–H and O–H groups in total. The second kappa shape index (κ2) is 5.60. The summed E-state index contributed by atoms with van der Waals surface area (Å²) in [5.41, 5.74) is 2.11. The second-order valence-corrected chi connectivity index (χ2v) is 3.99. The zero-order valence-electron chi connectivity index (χ0n) is 10.5. The van der Waals surface area contributed by atoms with Gasteiger partial charge in [-0.1, -0.05) is 12.1 Å². The van der Waals surface area contributed by atoms with E-state index in [4.69, 9.17) is 4.74 Å². The summed E-state index contributed by atoms with van der Waals surface area (Å²) in [4.78, 5) is 8.31. The summed E-state index contributed by atoms with van der Waals surface area (Å²) in [6.07, 6.45) is 2.46. The fourth-order valence-corrected chi connectivity index (χ4v) is 1.66. The molecule has 0 amide bonds. The average molecular weight is 244 g/mol. The van der Waals surface area contributed by atoms with Gasteiger partial charge in [-0.3, -0.25) is 9.97 Å². The Kier molecular flexibility index (Phi) is 3.89. The molecule has 0 spiro atoms. The third kappa shape index (κ3) is 2.84. The van der Waals surface area contributed by atoms with Gasteiger partial charge < -0.3 is 9.84 Å². The van der Waals surface area contributed by atoms with Crippen LogP contribution in [0.1, 0.15) is 30.0 Å². The first kappa shape index (κ1) is 12.5. The third-order valence-corrected chi connectivity index (χ3v) is 2.57. The van der Waals surface area contributed by atoms with Gasteiger partial charge in [0.25, 0.3) is 0 Å². The molecule has 0 bridgehead atoms. The van der Waals surface area contributed by atoms with Crippen LogP contribution in [0.25, 0.3) is 0 Å². The van der Waals surface area contributed by atoms with Gasteiger partial charge in [0.15, 0.2) is 0 Å². The standard InChI is InChI=1S/C14H16N2O2/c1-3-18-12-6-4-5-11(7-12)14(17)13-9-15-10(2)8-16-13/h4-9,14,17H,3H2,1-2H3. The molecule has 4 heteroatoms. The zero-order chi connectivity index (χ0) is 13.0. The molecule has 0 aliphatic heterocycles. The van der Waals surface area contributed by atoms with Gasteiger partial charge in [0.05, 0.1) is 24.2 Å². The topological polar surface area (TPSA) is 55.2 Å². The van der Waals surface area contributed by atoms with Crippen molar-refractivity contribution in [1.82, 2.24) is 9.97 Å². The molecule has 0 aliphatic rings. The number of aliphatic hydroxyl groups is 1. The lowest BCUT2D eigenvalue weighted by molar-refractivity contribution is 0.214. The van der Waals surface area contributed by atoms with Gasteiger partial charge in [0.1, 0.15) is 11.9 Å². The van der Waals surface area contributed by atoms with Crippen LogP contribution in [0, 0.1) is 6.92 Å². The molecule has 0 aliphatic carbocycles. The van der Waals surface area contributed by atoms with E-state index in [-0.39, 0.29) is 0 Å². The van der Waals surface area contributed by atoms with Crippen LogP contribution in [0.3, 0.4) is 0 Å². The van der Waals surface area contributed by atoms with E-state index >= 15 is 0 Å². The molecule has 1 aromatic heterocycles. The van der Waals surface area contributed by atoms with E-state index in [9.17, 15) is 5.11 Å². The van der Waals surface area contributed by atoms with E-state index in [0.717, 1.165) is 17.0 Å². The Morgan fingerprint density at radius 3 is 2.78 bits per heavy atom. The third-order valence-electron chi connectivity index (χ3n) is 2.57. The molecule has 4 nitrogen and oxygen atoms in total. The Morgan fingerprint density at radius 2 is 2.11 bits per heavy atom. The Morgan fingerprint density at radius 1 is 1.28 bits per heavy atom. The summed E-state index contributed by atoms with van der Waals surface area (Å²) >= 11 is 0. The molecule has 94 valence electrons. The molecule has 1 aromatic carbocycles. The molecule has 0 radical (unpaired) electrons. The van der Waals surface area contributed by atoms with Gasteiger partial charge in [-0.05, 0) is 31.5 Å². The van der Waals surface area contributed by atoms with Crippen LogP contribution < -0.4 is 4.74 Å². The Bertz CT molecular complexity index is 511. The first-order chi connectivity index (χ1) is 8.70. The summed E-state index contributed by atoms with van der Waals surface area (Å²) in [7, 11) is 0. The number of hydrogen-bond donors (Lipinski definition) is 1. The van der Waals surface area contributed by atoms with E-state index in [2.05, 4.69) is 9.97 Å². The quantitative estimate of drug-likeness (QED) is 0.896. The summed E-state index contributed by atoms with van der Waals surface area (Å²) in [5, 5.41) is 10.2. The smallest absolute Gasteiger partial charge is 0.123 e. The van der Waals surface area contributed by atoms with Crippen molar-refractivity contribution in [2.75, 3.05) is 6.61 Å². The van der Waals surface area contributed by atoms with Crippen LogP contribution in [0.2, 0.25) is 0 Å². The van der Waals surface area contributed by atoms with E-state index < -0.39 is 6.10 Å². The minimum atomic E-state index is -0.779. The summed E-state index contributed by atoms with van der Waals surface area (Å²) in [5.74, 6) is 0.745. The molecule has 1 heterocycles. The van der Waals surface area contributed by atoms with Gasteiger partial charge in [-0.2, -0.15) is 0 Å². The Balaban J connectivity index is 2.24. The summed E-state index contributed by atoms with van der Waals surface area (Å²) < 4.78 is 5.40. The van der Waals surface area contributed by atoms with Crippen LogP contribution in [-0.4, -0.2) is 21.7 Å². The van der Waals surface area contributed by atoms with Crippen LogP contribution in [-0.2, 0) is 0 Å². The van der Waals surface area contributed by atoms with Crippen molar-refractivity contribution in [3.05, 3.63) is 53.6 Å². The molecule has 2 rings (SSSR count). The van der Waals surface area contributed by atoms with Gasteiger partial charge in [-0.25, -0.2) is 0 Å². The highest BCUT2D eigenvalue weighted by molar-refractivity contribution is 5.33. The summed E-state index contributed by atoms with van der Waals surface area (Å²) in [6.45, 7) is 4.39. The lowest BCUT2D eigenvalue weighted by Crippen LogP contribution is -2.04. The van der Waals surface area contributed by atoms with Crippen LogP contribution >= 0.6 is 0 Å². The van der Waals surface area contributed by atoms with Crippen LogP contribution in [0.4, 0.5) is 0 Å². The predicted octanol–water partition coefficient (Wildman–Crippen LogP) is 2.27. The van der Waals surface area contributed by atoms with E-state index in [1.54, 1.807) is 12.4 Å². The van der Waals surface area contributed by atoms with Gasteiger partial charge in [0, 0.05) is 6.20 Å². The van der Waals surface area contributed by atoms with Crippen molar-refractivity contribution in [2.24, 2.45) is 0 Å². The minimum Gasteiger partial charge on any atom is -0.494 e. The highest BCUT2D eigenvalue weighted by Crippen LogP contribution is 2.23. The fraction of sp³-hybridized carbons (Fsp3) is 0.286. The SMILES string of the molecule is CCOc1cccc(C(O)c2cnc(C)cn2)c1. The van der Waals surface area contributed by atoms with Crippen molar-refractivity contribution in [2.45, 2.75) is 20.0 Å². The average Bonchev–Trinajstić information content (AvgIpc) is 2.39. The van der Waals surface area contributed by atoms with Crippen molar-refractivity contribution in [3.8, 4) is 5.75 Å². The van der Waals surface area contributed by atoms with Crippen LogP contribution in [0.5, 0.6) is 5.75 Å². The normalized spacial score (nSPS) is 12.2. The number of ether oxygens (including phenoxy) is 1. The number of aryl methyl sites for hydroxylation is 1. The molecule has 0 saturated heterocycles. The number of benzene rings is 1. The number of aliphatic hydroxyl groups excluding tert-OH is 1. The van der Waals surface area contributed by atoms with Crippen molar-refractivity contribution in [3.63, 3.8) is 0 Å². The highest BCUT2D eigenvalue weighted by atomic mass is 16.5. The zero-order valence-corrected chi connectivity index (χ0v) is 10.5. The van der Waals surface area contributed by atoms with Crippen LogP contribution in [0.15, 0.2) is 36.7 Å². The molecular formula is C14H16N2O2. The molecule has 0 fully saturated rings. The molecule has 1 atom stereocenters. The number of rotatable bonds is 4. The largest absolute Gasteiger partial charge is 0.494 e. The van der Waals surface area contributed by atoms with E-state index in [1.807, 2.05) is 38.1 Å². The fourth-order valence-electron chi connectivity index (χ4n) is 1.66. The number of hydrogen-bond acceptors (Lipinski definition) is 4. The lowest BCUT2D eigenvalue weighted by Gasteiger charge is -2.11. The van der Waals surface area contributed by atoms with E-state index in [1.165, 1.54) is 0 Å². The van der Waals surface area contributed by atoms with Crippen molar-refractivity contribution < 1.29 is 9.84 Å². The van der Waals surface area contributed by atoms with Crippen molar-refractivity contribution in [1.29, 1.82) is 0 Å². The molecule has 1 unspecified atom stereocenters. The second-order valence-electron chi connectivity index (χ2n) is 3.99. The minimum absolute atomic E-state index is 0.536.